The minimum atomic E-state index is -4.73. The maximum atomic E-state index is 14.0. The summed E-state index contributed by atoms with van der Waals surface area (Å²) in [7, 11) is 0. The Morgan fingerprint density at radius 2 is 1.57 bits per heavy atom. The first-order valence-corrected chi connectivity index (χ1v) is 8.70. The maximum absolute atomic E-state index is 14.0. The minimum Gasteiger partial charge on any atom is -0.286 e. The van der Waals surface area contributed by atoms with E-state index in [4.69, 9.17) is 23.2 Å². The molecule has 0 spiro atoms. The van der Waals surface area contributed by atoms with E-state index in [2.05, 4.69) is 9.98 Å². The zero-order chi connectivity index (χ0) is 20.9. The molecule has 1 aliphatic heterocycles. The summed E-state index contributed by atoms with van der Waals surface area (Å²) in [4.78, 5) is 7.76. The predicted octanol–water partition coefficient (Wildman–Crippen LogP) is 6.41. The molecule has 1 aromatic carbocycles. The molecule has 0 saturated carbocycles. The fourth-order valence-corrected chi connectivity index (χ4v) is 3.69. The highest BCUT2D eigenvalue weighted by atomic mass is 35.5. The van der Waals surface area contributed by atoms with Gasteiger partial charge in [0, 0.05) is 22.7 Å². The molecule has 10 heteroatoms. The summed E-state index contributed by atoms with van der Waals surface area (Å²) < 4.78 is 81.5. The van der Waals surface area contributed by atoms with Crippen molar-refractivity contribution in [2.75, 3.05) is 6.54 Å². The molecule has 3 rings (SSSR count). The molecule has 1 unspecified atom stereocenters. The van der Waals surface area contributed by atoms with E-state index in [0.717, 1.165) is 24.4 Å². The van der Waals surface area contributed by atoms with Gasteiger partial charge in [0.15, 0.2) is 0 Å². The Balaban J connectivity index is 2.05. The topological polar surface area (TPSA) is 25.2 Å². The molecular formula is C18H12Cl2F6N2. The molecule has 0 aliphatic carbocycles. The molecule has 1 aromatic heterocycles. The Hall–Kier alpha value is -1.80. The van der Waals surface area contributed by atoms with E-state index in [0.29, 0.717) is 0 Å². The fraction of sp³-hybridized carbons (Fsp3) is 0.333. The van der Waals surface area contributed by atoms with E-state index in [1.165, 1.54) is 13.0 Å². The first kappa shape index (κ1) is 20.9. The molecule has 1 aliphatic rings. The zero-order valence-corrected chi connectivity index (χ0v) is 15.7. The summed E-state index contributed by atoms with van der Waals surface area (Å²) in [6.07, 6.45) is -9.07. The molecule has 0 amide bonds. The van der Waals surface area contributed by atoms with Crippen molar-refractivity contribution in [3.05, 3.63) is 62.9 Å². The molecule has 2 aromatic rings. The largest absolute Gasteiger partial charge is 0.416 e. The van der Waals surface area contributed by atoms with Gasteiger partial charge in [0.1, 0.15) is 5.41 Å². The van der Waals surface area contributed by atoms with Crippen molar-refractivity contribution in [1.82, 2.24) is 4.98 Å². The lowest BCUT2D eigenvalue weighted by atomic mass is 9.77. The minimum absolute atomic E-state index is 0.0207. The monoisotopic (exact) mass is 440 g/mol. The van der Waals surface area contributed by atoms with Crippen LogP contribution >= 0.6 is 23.2 Å². The van der Waals surface area contributed by atoms with Gasteiger partial charge < -0.3 is 0 Å². The molecular weight excluding hydrogens is 429 g/mol. The summed E-state index contributed by atoms with van der Waals surface area (Å²) in [6.45, 7) is 0.531. The van der Waals surface area contributed by atoms with Crippen molar-refractivity contribution >= 4 is 28.9 Å². The Morgan fingerprint density at radius 1 is 0.964 bits per heavy atom. The van der Waals surface area contributed by atoms with Crippen molar-refractivity contribution in [2.24, 2.45) is 4.99 Å². The van der Waals surface area contributed by atoms with E-state index < -0.39 is 36.3 Å². The third-order valence-electron chi connectivity index (χ3n) is 4.67. The van der Waals surface area contributed by atoms with Crippen molar-refractivity contribution in [3.63, 3.8) is 0 Å². The van der Waals surface area contributed by atoms with Crippen molar-refractivity contribution < 1.29 is 26.3 Å². The van der Waals surface area contributed by atoms with Crippen molar-refractivity contribution in [1.29, 1.82) is 0 Å². The van der Waals surface area contributed by atoms with E-state index in [-0.39, 0.29) is 32.6 Å². The van der Waals surface area contributed by atoms with Crippen LogP contribution in [0.15, 0.2) is 35.5 Å². The Labute approximate surface area is 166 Å². The van der Waals surface area contributed by atoms with E-state index in [1.54, 1.807) is 0 Å². The second kappa shape index (κ2) is 6.91. The van der Waals surface area contributed by atoms with Crippen LogP contribution in [0.25, 0.3) is 0 Å². The quantitative estimate of drug-likeness (QED) is 0.495. The van der Waals surface area contributed by atoms with Crippen LogP contribution < -0.4 is 0 Å². The molecule has 28 heavy (non-hydrogen) atoms. The number of aryl methyl sites for hydroxylation is 1. The average molecular weight is 441 g/mol. The van der Waals surface area contributed by atoms with Crippen LogP contribution in [0.1, 0.15) is 28.8 Å². The summed E-state index contributed by atoms with van der Waals surface area (Å²) >= 11 is 11.7. The number of halogens is 8. The second-order valence-electron chi connectivity index (χ2n) is 6.56. The van der Waals surface area contributed by atoms with Gasteiger partial charge in [-0.3, -0.25) is 9.98 Å². The van der Waals surface area contributed by atoms with Crippen LogP contribution in [-0.4, -0.2) is 23.4 Å². The number of aliphatic imine (C=N–C) groups is 1. The van der Waals surface area contributed by atoms with Gasteiger partial charge in [-0.15, -0.1) is 0 Å². The smallest absolute Gasteiger partial charge is 0.286 e. The SMILES string of the molecule is Cc1cnc(C2=NCC(c3cc(Cl)cc(Cl)c3)(C(F)(F)F)C2)cc1C(F)(F)F. The first-order chi connectivity index (χ1) is 12.8. The number of aromatic nitrogens is 1. The number of rotatable bonds is 2. The lowest BCUT2D eigenvalue weighted by molar-refractivity contribution is -0.183. The van der Waals surface area contributed by atoms with Gasteiger partial charge in [-0.05, 0) is 42.3 Å². The van der Waals surface area contributed by atoms with Gasteiger partial charge in [-0.1, -0.05) is 23.2 Å². The number of hydrogen-bond donors (Lipinski definition) is 0. The van der Waals surface area contributed by atoms with Crippen LogP contribution in [-0.2, 0) is 11.6 Å². The summed E-state index contributed by atoms with van der Waals surface area (Å²) in [5.41, 5.74) is -4.12. The van der Waals surface area contributed by atoms with Gasteiger partial charge in [0.05, 0.1) is 23.5 Å². The van der Waals surface area contributed by atoms with Crippen LogP contribution in [0, 0.1) is 6.92 Å². The van der Waals surface area contributed by atoms with Crippen LogP contribution in [0.5, 0.6) is 0 Å². The van der Waals surface area contributed by atoms with Gasteiger partial charge in [0.25, 0.3) is 0 Å². The lowest BCUT2D eigenvalue weighted by Crippen LogP contribution is -2.43. The number of benzene rings is 1. The first-order valence-electron chi connectivity index (χ1n) is 7.94. The molecule has 1 atom stereocenters. The number of nitrogens with zero attached hydrogens (tertiary/aromatic N) is 2. The molecule has 2 nitrogen and oxygen atoms in total. The molecule has 0 N–H and O–H groups in total. The number of alkyl halides is 6. The van der Waals surface area contributed by atoms with Crippen molar-refractivity contribution in [2.45, 2.75) is 31.1 Å². The highest BCUT2D eigenvalue weighted by Crippen LogP contribution is 2.48. The van der Waals surface area contributed by atoms with Gasteiger partial charge >= 0.3 is 12.4 Å². The summed E-state index contributed by atoms with van der Waals surface area (Å²) in [6, 6.07) is 4.31. The molecule has 0 saturated heterocycles. The Bertz CT molecular complexity index is 932. The Kier molecular flexibility index (Phi) is 5.17. The lowest BCUT2D eigenvalue weighted by Gasteiger charge is -2.31. The number of pyridine rings is 1. The molecule has 150 valence electrons. The average Bonchev–Trinajstić information content (AvgIpc) is 2.99. The van der Waals surface area contributed by atoms with Gasteiger partial charge in [-0.25, -0.2) is 0 Å². The second-order valence-corrected chi connectivity index (χ2v) is 7.43. The summed E-state index contributed by atoms with van der Waals surface area (Å²) in [5.74, 6) is 0. The van der Waals surface area contributed by atoms with Crippen LogP contribution in [0.4, 0.5) is 26.3 Å². The number of hydrogen-bond acceptors (Lipinski definition) is 2. The van der Waals surface area contributed by atoms with Gasteiger partial charge in [0.2, 0.25) is 0 Å². The molecule has 2 heterocycles. The van der Waals surface area contributed by atoms with Crippen LogP contribution in [0.2, 0.25) is 10.0 Å². The normalized spacial score (nSPS) is 20.4. The highest BCUT2D eigenvalue weighted by molar-refractivity contribution is 6.34. The maximum Gasteiger partial charge on any atom is 0.416 e. The molecule has 0 bridgehead atoms. The standard InChI is InChI=1S/C18H12Cl2F6N2/c1-9-7-27-14(5-13(9)17(21,22)23)15-6-16(8-28-15,18(24,25)26)10-2-11(19)4-12(20)3-10/h2-5,7H,6,8H2,1H3. The van der Waals surface area contributed by atoms with Crippen LogP contribution in [0.3, 0.4) is 0 Å². The summed E-state index contributed by atoms with van der Waals surface area (Å²) in [5, 5.41) is 0.0415. The highest BCUT2D eigenvalue weighted by Gasteiger charge is 2.58. The third-order valence-corrected chi connectivity index (χ3v) is 5.11. The Morgan fingerprint density at radius 3 is 2.11 bits per heavy atom. The van der Waals surface area contributed by atoms with Gasteiger partial charge in [-0.2, -0.15) is 26.3 Å². The van der Waals surface area contributed by atoms with E-state index >= 15 is 0 Å². The van der Waals surface area contributed by atoms with Crippen molar-refractivity contribution in [3.8, 4) is 0 Å². The third kappa shape index (κ3) is 3.72. The van der Waals surface area contributed by atoms with E-state index in [1.807, 2.05) is 0 Å². The predicted molar refractivity (Wildman–Crippen MR) is 94.2 cm³/mol. The van der Waals surface area contributed by atoms with E-state index in [9.17, 15) is 26.3 Å². The molecule has 0 radical (unpaired) electrons. The fourth-order valence-electron chi connectivity index (χ4n) is 3.16. The molecule has 0 fully saturated rings. The zero-order valence-electron chi connectivity index (χ0n) is 14.2.